The lowest BCUT2D eigenvalue weighted by Crippen LogP contribution is -2.40. The van der Waals surface area contributed by atoms with Gasteiger partial charge in [-0.25, -0.2) is 4.99 Å². The molecule has 2 nitrogen and oxygen atoms in total. The van der Waals surface area contributed by atoms with Crippen LogP contribution >= 0.6 is 0 Å². The van der Waals surface area contributed by atoms with Crippen LogP contribution in [0.2, 0.25) is 0 Å². The molecule has 1 fully saturated rings. The van der Waals surface area contributed by atoms with E-state index >= 15 is 0 Å². The minimum Gasteiger partial charge on any atom is -0.446 e. The Kier molecular flexibility index (Phi) is 2.21. The van der Waals surface area contributed by atoms with E-state index in [9.17, 15) is 0 Å². The molecular weight excluding hydrogens is 186 g/mol. The van der Waals surface area contributed by atoms with Crippen molar-refractivity contribution in [2.75, 3.05) is 0 Å². The third kappa shape index (κ3) is 1.20. The Morgan fingerprint density at radius 1 is 1.53 bits per heavy atom. The number of hydrogen-bond acceptors (Lipinski definition) is 2. The normalized spacial score (nSPS) is 38.3. The van der Waals surface area contributed by atoms with Crippen molar-refractivity contribution >= 4 is 5.90 Å². The maximum atomic E-state index is 5.69. The van der Waals surface area contributed by atoms with Crippen LogP contribution < -0.4 is 0 Å². The van der Waals surface area contributed by atoms with Crippen LogP contribution in [0.3, 0.4) is 0 Å². The Hall–Kier alpha value is -0.790. The molecule has 0 saturated heterocycles. The molecule has 1 aliphatic carbocycles. The first-order valence-electron chi connectivity index (χ1n) is 5.90. The summed E-state index contributed by atoms with van der Waals surface area (Å²) in [6.07, 6.45) is 3.17. The van der Waals surface area contributed by atoms with E-state index in [-0.39, 0.29) is 11.0 Å². The lowest BCUT2D eigenvalue weighted by Gasteiger charge is -2.37. The van der Waals surface area contributed by atoms with E-state index in [4.69, 9.17) is 9.73 Å². The summed E-state index contributed by atoms with van der Waals surface area (Å²) in [5, 5.41) is 0. The van der Waals surface area contributed by atoms with Crippen molar-refractivity contribution in [2.45, 2.75) is 52.5 Å². The molecule has 1 aliphatic heterocycles. The molecule has 1 heterocycles. The standard InChI is InChI=1S/C13H21NO/c1-6-11-14-13(10(3)15-11)8-7-9(2)12(13,4)5/h9H,3,6-8H2,1-2,4-5H3/t9?,13-/m1/s1. The zero-order valence-corrected chi connectivity index (χ0v) is 10.3. The van der Waals surface area contributed by atoms with Gasteiger partial charge in [-0.15, -0.1) is 0 Å². The fourth-order valence-corrected chi connectivity index (χ4v) is 2.89. The molecule has 0 amide bonds. The number of aliphatic imine (C=N–C) groups is 1. The lowest BCUT2D eigenvalue weighted by atomic mass is 9.70. The molecule has 0 bridgehead atoms. The second-order valence-electron chi connectivity index (χ2n) is 5.41. The molecule has 0 N–H and O–H groups in total. The van der Waals surface area contributed by atoms with Gasteiger partial charge in [0.25, 0.3) is 0 Å². The predicted molar refractivity (Wildman–Crippen MR) is 62.9 cm³/mol. The maximum absolute atomic E-state index is 5.69. The highest BCUT2D eigenvalue weighted by Gasteiger charge is 2.58. The van der Waals surface area contributed by atoms with Crippen LogP contribution in [0.1, 0.15) is 47.0 Å². The summed E-state index contributed by atoms with van der Waals surface area (Å²) in [7, 11) is 0. The van der Waals surface area contributed by atoms with Gasteiger partial charge in [0.05, 0.1) is 0 Å². The van der Waals surface area contributed by atoms with Crippen LogP contribution in [-0.4, -0.2) is 11.4 Å². The van der Waals surface area contributed by atoms with Crippen molar-refractivity contribution in [3.8, 4) is 0 Å². The molecule has 2 heteroatoms. The molecule has 84 valence electrons. The van der Waals surface area contributed by atoms with Gasteiger partial charge in [-0.3, -0.25) is 0 Å². The van der Waals surface area contributed by atoms with Gasteiger partial charge >= 0.3 is 0 Å². The number of ether oxygens (including phenoxy) is 1. The minimum absolute atomic E-state index is 0.141. The molecule has 0 radical (unpaired) electrons. The molecule has 2 atom stereocenters. The van der Waals surface area contributed by atoms with Gasteiger partial charge in [0.1, 0.15) is 11.3 Å². The maximum Gasteiger partial charge on any atom is 0.190 e. The molecule has 0 aromatic rings. The Morgan fingerprint density at radius 2 is 2.20 bits per heavy atom. The summed E-state index contributed by atoms with van der Waals surface area (Å²) in [6.45, 7) is 13.1. The summed E-state index contributed by atoms with van der Waals surface area (Å²) in [5.41, 5.74) is 0.0266. The average Bonchev–Trinajstić information content (AvgIpc) is 2.62. The Balaban J connectivity index is 2.43. The van der Waals surface area contributed by atoms with Gasteiger partial charge in [-0.2, -0.15) is 0 Å². The SMILES string of the molecule is C=C1OC(CC)=N[C@]12CCC(C)C2(C)C. The fourth-order valence-electron chi connectivity index (χ4n) is 2.89. The van der Waals surface area contributed by atoms with Crippen LogP contribution in [0.15, 0.2) is 17.3 Å². The molecule has 0 aromatic heterocycles. The summed E-state index contributed by atoms with van der Waals surface area (Å²) < 4.78 is 5.69. The van der Waals surface area contributed by atoms with Gasteiger partial charge in [-0.05, 0) is 24.2 Å². The summed E-state index contributed by atoms with van der Waals surface area (Å²) in [6, 6.07) is 0. The molecule has 1 unspecified atom stereocenters. The second-order valence-corrected chi connectivity index (χ2v) is 5.41. The molecule has 0 aromatic carbocycles. The highest BCUT2D eigenvalue weighted by molar-refractivity contribution is 5.80. The van der Waals surface area contributed by atoms with E-state index in [1.54, 1.807) is 0 Å². The smallest absolute Gasteiger partial charge is 0.190 e. The third-order valence-corrected chi connectivity index (χ3v) is 4.56. The van der Waals surface area contributed by atoms with Crippen molar-refractivity contribution in [1.29, 1.82) is 0 Å². The Labute approximate surface area is 92.4 Å². The van der Waals surface area contributed by atoms with E-state index < -0.39 is 0 Å². The number of hydrogen-bond donors (Lipinski definition) is 0. The quantitative estimate of drug-likeness (QED) is 0.644. The number of nitrogens with zero attached hydrogens (tertiary/aromatic N) is 1. The van der Waals surface area contributed by atoms with Crippen LogP contribution in [0, 0.1) is 11.3 Å². The first-order chi connectivity index (χ1) is 6.94. The van der Waals surface area contributed by atoms with Crippen molar-refractivity contribution in [3.05, 3.63) is 12.3 Å². The topological polar surface area (TPSA) is 21.6 Å². The zero-order valence-electron chi connectivity index (χ0n) is 10.3. The first kappa shape index (κ1) is 10.7. The van der Waals surface area contributed by atoms with Crippen LogP contribution in [0.25, 0.3) is 0 Å². The van der Waals surface area contributed by atoms with E-state index in [0.717, 1.165) is 24.5 Å². The van der Waals surface area contributed by atoms with Gasteiger partial charge in [0.2, 0.25) is 0 Å². The molecule has 1 saturated carbocycles. The molecule has 1 spiro atoms. The summed E-state index contributed by atoms with van der Waals surface area (Å²) >= 11 is 0. The molecule has 15 heavy (non-hydrogen) atoms. The van der Waals surface area contributed by atoms with E-state index in [1.165, 1.54) is 6.42 Å². The van der Waals surface area contributed by atoms with Gasteiger partial charge in [0.15, 0.2) is 5.90 Å². The van der Waals surface area contributed by atoms with Crippen molar-refractivity contribution in [3.63, 3.8) is 0 Å². The minimum atomic E-state index is -0.141. The molecule has 2 aliphatic rings. The van der Waals surface area contributed by atoms with Gasteiger partial charge < -0.3 is 4.74 Å². The predicted octanol–water partition coefficient (Wildman–Crippen LogP) is 3.53. The Morgan fingerprint density at radius 3 is 2.60 bits per heavy atom. The molecule has 2 rings (SSSR count). The van der Waals surface area contributed by atoms with Crippen LogP contribution in [0.4, 0.5) is 0 Å². The van der Waals surface area contributed by atoms with Crippen LogP contribution in [0.5, 0.6) is 0 Å². The fraction of sp³-hybridized carbons (Fsp3) is 0.769. The second kappa shape index (κ2) is 3.10. The summed E-state index contributed by atoms with van der Waals surface area (Å²) in [5.74, 6) is 2.41. The van der Waals surface area contributed by atoms with Crippen molar-refractivity contribution < 1.29 is 4.74 Å². The van der Waals surface area contributed by atoms with Gasteiger partial charge in [0, 0.05) is 6.42 Å². The van der Waals surface area contributed by atoms with Crippen molar-refractivity contribution in [2.24, 2.45) is 16.3 Å². The molecular formula is C13H21NO. The van der Waals surface area contributed by atoms with E-state index in [1.807, 2.05) is 0 Å². The first-order valence-corrected chi connectivity index (χ1v) is 5.90. The lowest BCUT2D eigenvalue weighted by molar-refractivity contribution is 0.170. The zero-order chi connectivity index (χ0) is 11.3. The van der Waals surface area contributed by atoms with E-state index in [2.05, 4.69) is 34.3 Å². The van der Waals surface area contributed by atoms with Crippen molar-refractivity contribution in [1.82, 2.24) is 0 Å². The van der Waals surface area contributed by atoms with Crippen LogP contribution in [-0.2, 0) is 4.74 Å². The monoisotopic (exact) mass is 207 g/mol. The largest absolute Gasteiger partial charge is 0.446 e. The highest BCUT2D eigenvalue weighted by Crippen LogP contribution is 2.57. The van der Waals surface area contributed by atoms with Gasteiger partial charge in [-0.1, -0.05) is 34.3 Å². The third-order valence-electron chi connectivity index (χ3n) is 4.56. The highest BCUT2D eigenvalue weighted by atomic mass is 16.5. The number of rotatable bonds is 1. The average molecular weight is 207 g/mol. The Bertz CT molecular complexity index is 329. The van der Waals surface area contributed by atoms with E-state index in [0.29, 0.717) is 5.92 Å². The summed E-state index contributed by atoms with van der Waals surface area (Å²) in [4.78, 5) is 4.82.